The molecule has 3 aromatic rings. The molecule has 1 aromatic heterocycles. The number of hydrogen-bond acceptors (Lipinski definition) is 7. The van der Waals surface area contributed by atoms with Crippen molar-refractivity contribution < 1.29 is 51.9 Å². The molecule has 4 rings (SSSR count). The molecule has 0 saturated carbocycles. The number of alkyl halides is 2. The van der Waals surface area contributed by atoms with E-state index < -0.39 is 78.3 Å². The van der Waals surface area contributed by atoms with Crippen molar-refractivity contribution in [1.29, 1.82) is 0 Å². The Hall–Kier alpha value is -3.43. The molecule has 1 aliphatic rings. The van der Waals surface area contributed by atoms with Crippen LogP contribution < -0.4 is 5.32 Å². The second kappa shape index (κ2) is 10.5. The van der Waals surface area contributed by atoms with Crippen LogP contribution in [-0.2, 0) is 4.74 Å². The molecule has 1 amide bonds. The molecule has 0 unspecified atom stereocenters. The number of aliphatic hydroxyl groups excluding tert-OH is 4. The van der Waals surface area contributed by atoms with Crippen molar-refractivity contribution in [2.75, 3.05) is 11.9 Å². The Morgan fingerprint density at radius 2 is 1.70 bits per heavy atom. The fourth-order valence-electron chi connectivity index (χ4n) is 3.92. The maximum absolute atomic E-state index is 13.8. The Labute approximate surface area is 205 Å². The summed E-state index contributed by atoms with van der Waals surface area (Å²) in [4.78, 5) is 13.0. The first-order valence-electron chi connectivity index (χ1n) is 10.8. The van der Waals surface area contributed by atoms with Gasteiger partial charge in [0.15, 0.2) is 23.7 Å². The molecule has 0 bridgehead atoms. The van der Waals surface area contributed by atoms with E-state index in [0.717, 1.165) is 6.20 Å². The molecule has 5 atom stereocenters. The Bertz CT molecular complexity index is 1280. The Kier molecular flexibility index (Phi) is 7.57. The van der Waals surface area contributed by atoms with Crippen LogP contribution in [0.25, 0.3) is 11.1 Å². The fourth-order valence-corrected chi connectivity index (χ4v) is 3.92. The van der Waals surface area contributed by atoms with Gasteiger partial charge in [0, 0.05) is 17.4 Å². The van der Waals surface area contributed by atoms with Crippen LogP contribution in [0.4, 0.5) is 27.6 Å². The summed E-state index contributed by atoms with van der Waals surface area (Å²) in [6.07, 6.45) is -10.9. The lowest BCUT2D eigenvalue weighted by Gasteiger charge is -2.39. The normalized spacial score (nSPS) is 23.9. The summed E-state index contributed by atoms with van der Waals surface area (Å²) >= 11 is 0. The molecule has 198 valence electrons. The number of aliphatic hydroxyl groups is 4. The van der Waals surface area contributed by atoms with Crippen molar-refractivity contribution in [2.24, 2.45) is 0 Å². The summed E-state index contributed by atoms with van der Waals surface area (Å²) in [6.45, 7) is -0.779. The number of benzene rings is 2. The summed E-state index contributed by atoms with van der Waals surface area (Å²) < 4.78 is 74.3. The molecule has 5 N–H and O–H groups in total. The molecule has 37 heavy (non-hydrogen) atoms. The second-order valence-electron chi connectivity index (χ2n) is 8.18. The monoisotopic (exact) mass is 529 g/mol. The van der Waals surface area contributed by atoms with Crippen LogP contribution in [0.1, 0.15) is 28.7 Å². The van der Waals surface area contributed by atoms with Crippen LogP contribution >= 0.6 is 0 Å². The van der Waals surface area contributed by atoms with Gasteiger partial charge in [0.1, 0.15) is 30.1 Å². The minimum atomic E-state index is -3.28. The third-order valence-corrected chi connectivity index (χ3v) is 5.81. The standard InChI is InChI=1S/C23H20F5N3O6/c24-12-5-9(6-13(25)16(12)26)10-3-1-2-4-14(10)29-22(36)11-7-31(30-17(11)21(27)28)23-20(35)19(34)18(33)15(8-32)37-23/h1-7,15,18-21,23,32-35H,8H2,(H,29,36)/t15-,18-,19+,20-,23-/m1/s1. The highest BCUT2D eigenvalue weighted by molar-refractivity contribution is 6.07. The van der Waals surface area contributed by atoms with Gasteiger partial charge in [0.2, 0.25) is 0 Å². The van der Waals surface area contributed by atoms with E-state index in [1.165, 1.54) is 24.3 Å². The molecule has 2 aromatic carbocycles. The highest BCUT2D eigenvalue weighted by atomic mass is 19.3. The lowest BCUT2D eigenvalue weighted by Crippen LogP contribution is -2.56. The Balaban J connectivity index is 1.68. The van der Waals surface area contributed by atoms with Crippen molar-refractivity contribution in [3.8, 4) is 11.1 Å². The fraction of sp³-hybridized carbons (Fsp3) is 0.304. The molecular formula is C23H20F5N3O6. The minimum absolute atomic E-state index is 0.0496. The van der Waals surface area contributed by atoms with Gasteiger partial charge in [-0.25, -0.2) is 26.6 Å². The smallest absolute Gasteiger partial charge is 0.282 e. The summed E-state index contributed by atoms with van der Waals surface area (Å²) in [5.74, 6) is -5.76. The van der Waals surface area contributed by atoms with E-state index >= 15 is 0 Å². The highest BCUT2D eigenvalue weighted by Gasteiger charge is 2.45. The first-order valence-corrected chi connectivity index (χ1v) is 10.8. The second-order valence-corrected chi connectivity index (χ2v) is 8.18. The number of hydrogen-bond donors (Lipinski definition) is 5. The van der Waals surface area contributed by atoms with Crippen LogP contribution in [0.5, 0.6) is 0 Å². The van der Waals surface area contributed by atoms with Gasteiger partial charge in [-0.3, -0.25) is 4.79 Å². The number of para-hydroxylation sites is 1. The number of carbonyl (C=O) groups excluding carboxylic acids is 1. The summed E-state index contributed by atoms with van der Waals surface area (Å²) in [5, 5.41) is 45.4. The average molecular weight is 529 g/mol. The Morgan fingerprint density at radius 3 is 2.32 bits per heavy atom. The zero-order valence-electron chi connectivity index (χ0n) is 18.6. The zero-order chi connectivity index (χ0) is 27.0. The Morgan fingerprint density at radius 1 is 1.05 bits per heavy atom. The van der Waals surface area contributed by atoms with E-state index in [4.69, 9.17) is 4.74 Å². The predicted octanol–water partition coefficient (Wildman–Crippen LogP) is 2.13. The SMILES string of the molecule is O=C(Nc1ccccc1-c1cc(F)c(F)c(F)c1)c1cn([C@@H]2O[C@H](CO)[C@@H](O)[C@H](O)[C@H]2O)nc1C(F)F. The van der Waals surface area contributed by atoms with E-state index in [-0.39, 0.29) is 16.8 Å². The number of halogens is 5. The maximum atomic E-state index is 13.8. The van der Waals surface area contributed by atoms with Crippen molar-refractivity contribution in [2.45, 2.75) is 37.1 Å². The van der Waals surface area contributed by atoms with Crippen molar-refractivity contribution in [3.05, 3.63) is 71.3 Å². The van der Waals surface area contributed by atoms with Crippen LogP contribution in [-0.4, -0.2) is 67.1 Å². The van der Waals surface area contributed by atoms with Gasteiger partial charge >= 0.3 is 0 Å². The molecular weight excluding hydrogens is 509 g/mol. The predicted molar refractivity (Wildman–Crippen MR) is 116 cm³/mol. The van der Waals surface area contributed by atoms with Gasteiger partial charge in [-0.15, -0.1) is 0 Å². The molecule has 0 spiro atoms. The van der Waals surface area contributed by atoms with Crippen LogP contribution in [0.3, 0.4) is 0 Å². The number of nitrogens with one attached hydrogen (secondary N) is 1. The quantitative estimate of drug-likeness (QED) is 0.244. The number of carbonyl (C=O) groups is 1. The largest absolute Gasteiger partial charge is 0.394 e. The van der Waals surface area contributed by atoms with Crippen LogP contribution in [0.2, 0.25) is 0 Å². The molecule has 2 heterocycles. The van der Waals surface area contributed by atoms with Gasteiger partial charge in [0.25, 0.3) is 12.3 Å². The minimum Gasteiger partial charge on any atom is -0.394 e. The molecule has 1 aliphatic heterocycles. The van der Waals surface area contributed by atoms with E-state index in [1.54, 1.807) is 0 Å². The lowest BCUT2D eigenvalue weighted by atomic mass is 9.98. The van der Waals surface area contributed by atoms with Crippen LogP contribution in [0.15, 0.2) is 42.6 Å². The third-order valence-electron chi connectivity index (χ3n) is 5.81. The van der Waals surface area contributed by atoms with Crippen LogP contribution in [0, 0.1) is 17.5 Å². The van der Waals surface area contributed by atoms with Gasteiger partial charge in [0.05, 0.1) is 12.2 Å². The first-order chi connectivity index (χ1) is 17.5. The third kappa shape index (κ3) is 5.06. The van der Waals surface area contributed by atoms with Crippen molar-refractivity contribution in [3.63, 3.8) is 0 Å². The summed E-state index contributed by atoms with van der Waals surface area (Å²) in [7, 11) is 0. The molecule has 1 fully saturated rings. The molecule has 0 radical (unpaired) electrons. The van der Waals surface area contributed by atoms with E-state index in [2.05, 4.69) is 10.4 Å². The van der Waals surface area contributed by atoms with E-state index in [0.29, 0.717) is 16.8 Å². The highest BCUT2D eigenvalue weighted by Crippen LogP contribution is 2.33. The number of ether oxygens (including phenoxy) is 1. The van der Waals surface area contributed by atoms with E-state index in [1.807, 2.05) is 0 Å². The van der Waals surface area contributed by atoms with E-state index in [9.17, 15) is 47.2 Å². The van der Waals surface area contributed by atoms with Gasteiger partial charge in [-0.1, -0.05) is 18.2 Å². The average Bonchev–Trinajstić information content (AvgIpc) is 3.32. The van der Waals surface area contributed by atoms with Crippen molar-refractivity contribution >= 4 is 11.6 Å². The van der Waals surface area contributed by atoms with Gasteiger partial charge < -0.3 is 30.5 Å². The molecule has 14 heteroatoms. The zero-order valence-corrected chi connectivity index (χ0v) is 18.6. The van der Waals surface area contributed by atoms with Gasteiger partial charge in [-0.2, -0.15) is 5.10 Å². The maximum Gasteiger partial charge on any atom is 0.282 e. The van der Waals surface area contributed by atoms with Gasteiger partial charge in [-0.05, 0) is 23.8 Å². The molecule has 9 nitrogen and oxygen atoms in total. The summed E-state index contributed by atoms with van der Waals surface area (Å²) in [5.41, 5.74) is -1.84. The number of amides is 1. The number of rotatable bonds is 6. The summed E-state index contributed by atoms with van der Waals surface area (Å²) in [6, 6.07) is 6.98. The topological polar surface area (TPSA) is 137 Å². The first kappa shape index (κ1) is 26.6. The lowest BCUT2D eigenvalue weighted by molar-refractivity contribution is -0.254. The molecule has 0 aliphatic carbocycles. The van der Waals surface area contributed by atoms with Crippen molar-refractivity contribution in [1.82, 2.24) is 9.78 Å². The number of aromatic nitrogens is 2. The number of nitrogens with zero attached hydrogens (tertiary/aromatic N) is 2. The molecule has 1 saturated heterocycles. The number of anilines is 1.